The van der Waals surface area contributed by atoms with Crippen LogP contribution >= 0.6 is 0 Å². The Bertz CT molecular complexity index is 1150. The third-order valence-electron chi connectivity index (χ3n) is 6.03. The van der Waals surface area contributed by atoms with Gasteiger partial charge in [0.1, 0.15) is 0 Å². The predicted octanol–water partition coefficient (Wildman–Crippen LogP) is 5.80. The third-order valence-corrected chi connectivity index (χ3v) is 6.03. The molecule has 0 aromatic heterocycles. The van der Waals surface area contributed by atoms with E-state index in [1.807, 2.05) is 66.7 Å². The molecular weight excluding hydrogens is 412 g/mol. The number of nitrogens with zero attached hydrogens (tertiary/aromatic N) is 2. The Kier molecular flexibility index (Phi) is 6.98. The summed E-state index contributed by atoms with van der Waals surface area (Å²) in [4.78, 5) is 24.8. The summed E-state index contributed by atoms with van der Waals surface area (Å²) in [5, 5.41) is 15.8. The molecule has 1 unspecified atom stereocenters. The van der Waals surface area contributed by atoms with Crippen molar-refractivity contribution < 1.29 is 14.7 Å². The van der Waals surface area contributed by atoms with Crippen molar-refractivity contribution in [3.63, 3.8) is 0 Å². The molecular formula is C28H28N2O3. The number of hydrogen-bond acceptors (Lipinski definition) is 3. The molecule has 1 heterocycles. The molecule has 5 nitrogen and oxygen atoms in total. The lowest BCUT2D eigenvalue weighted by molar-refractivity contribution is -0.132. The first-order valence-electron chi connectivity index (χ1n) is 11.4. The molecule has 0 spiro atoms. The quantitative estimate of drug-likeness (QED) is 0.457. The molecule has 0 radical (unpaired) electrons. The lowest BCUT2D eigenvalue weighted by atomic mass is 9.90. The van der Waals surface area contributed by atoms with Crippen molar-refractivity contribution in [3.8, 4) is 11.1 Å². The van der Waals surface area contributed by atoms with Gasteiger partial charge in [-0.15, -0.1) is 0 Å². The fraction of sp³-hybridized carbons (Fsp3) is 0.250. The second-order valence-electron chi connectivity index (χ2n) is 8.38. The van der Waals surface area contributed by atoms with E-state index in [2.05, 4.69) is 6.92 Å². The third kappa shape index (κ3) is 5.20. The van der Waals surface area contributed by atoms with Gasteiger partial charge in [-0.1, -0.05) is 86.1 Å². The Balaban J connectivity index is 1.52. The van der Waals surface area contributed by atoms with E-state index in [4.69, 9.17) is 5.10 Å². The van der Waals surface area contributed by atoms with Crippen LogP contribution < -0.4 is 0 Å². The van der Waals surface area contributed by atoms with E-state index in [-0.39, 0.29) is 17.4 Å². The number of carbonyl (C=O) groups excluding carboxylic acids is 1. The van der Waals surface area contributed by atoms with Gasteiger partial charge in [0.15, 0.2) is 0 Å². The van der Waals surface area contributed by atoms with Crippen molar-refractivity contribution in [2.45, 2.75) is 39.2 Å². The highest BCUT2D eigenvalue weighted by molar-refractivity contribution is 6.08. The Labute approximate surface area is 194 Å². The van der Waals surface area contributed by atoms with Crippen molar-refractivity contribution in [1.29, 1.82) is 0 Å². The van der Waals surface area contributed by atoms with E-state index in [0.717, 1.165) is 41.7 Å². The van der Waals surface area contributed by atoms with Crippen LogP contribution in [0.2, 0.25) is 0 Å². The van der Waals surface area contributed by atoms with Crippen LogP contribution in [-0.4, -0.2) is 27.7 Å². The number of carboxylic acids is 1. The number of rotatable bonds is 9. The molecule has 0 saturated carbocycles. The lowest BCUT2D eigenvalue weighted by Gasteiger charge is -2.15. The monoisotopic (exact) mass is 440 g/mol. The number of unbranched alkanes of at least 4 members (excludes halogenated alkanes) is 1. The first-order chi connectivity index (χ1) is 16.1. The Morgan fingerprint density at radius 3 is 2.33 bits per heavy atom. The summed E-state index contributed by atoms with van der Waals surface area (Å²) in [5.74, 6) is -1.15. The lowest BCUT2D eigenvalue weighted by Crippen LogP contribution is -2.28. The van der Waals surface area contributed by atoms with E-state index >= 15 is 0 Å². The second-order valence-corrected chi connectivity index (χ2v) is 8.38. The zero-order valence-electron chi connectivity index (χ0n) is 18.8. The van der Waals surface area contributed by atoms with Gasteiger partial charge >= 0.3 is 5.97 Å². The topological polar surface area (TPSA) is 70.0 Å². The van der Waals surface area contributed by atoms with E-state index in [9.17, 15) is 14.7 Å². The van der Waals surface area contributed by atoms with Gasteiger partial charge in [0.25, 0.3) is 5.91 Å². The minimum atomic E-state index is -0.943. The first-order valence-corrected chi connectivity index (χ1v) is 11.4. The molecule has 1 atom stereocenters. The Morgan fingerprint density at radius 1 is 0.939 bits per heavy atom. The van der Waals surface area contributed by atoms with Crippen molar-refractivity contribution >= 4 is 17.6 Å². The Morgan fingerprint density at radius 2 is 1.64 bits per heavy atom. The number of carbonyl (C=O) groups is 2. The summed E-state index contributed by atoms with van der Waals surface area (Å²) in [5.41, 5.74) is 4.87. The molecule has 3 aromatic rings. The van der Waals surface area contributed by atoms with Crippen molar-refractivity contribution in [2.24, 2.45) is 11.0 Å². The maximum atomic E-state index is 13.2. The van der Waals surface area contributed by atoms with Crippen LogP contribution in [0, 0.1) is 5.92 Å². The number of aromatic carboxylic acids is 1. The standard InChI is InChI=1S/C28H28N2O3/c1-2-3-13-26-25(27(31)30(29-26)19-21-9-5-4-6-10-21)18-20-14-16-22(17-15-20)23-11-7-8-12-24(23)28(32)33/h4-12,14-17,25H,2-3,13,18-19H2,1H3,(H,32,33). The highest BCUT2D eigenvalue weighted by Crippen LogP contribution is 2.28. The maximum Gasteiger partial charge on any atom is 0.336 e. The summed E-state index contributed by atoms with van der Waals surface area (Å²) in [7, 11) is 0. The molecule has 1 aliphatic heterocycles. The minimum Gasteiger partial charge on any atom is -0.478 e. The average Bonchev–Trinajstić information content (AvgIpc) is 3.13. The molecule has 168 valence electrons. The van der Waals surface area contributed by atoms with Crippen molar-refractivity contribution in [3.05, 3.63) is 95.6 Å². The minimum absolute atomic E-state index is 0.0465. The van der Waals surface area contributed by atoms with Crippen LogP contribution in [0.25, 0.3) is 11.1 Å². The van der Waals surface area contributed by atoms with Crippen LogP contribution in [0.3, 0.4) is 0 Å². The zero-order chi connectivity index (χ0) is 23.2. The molecule has 1 amide bonds. The fourth-order valence-corrected chi connectivity index (χ4v) is 4.23. The SMILES string of the molecule is CCCCC1=NN(Cc2ccccc2)C(=O)C1Cc1ccc(-c2ccccc2C(=O)O)cc1. The summed E-state index contributed by atoms with van der Waals surface area (Å²) < 4.78 is 0. The fourth-order valence-electron chi connectivity index (χ4n) is 4.23. The average molecular weight is 441 g/mol. The maximum absolute atomic E-state index is 13.2. The highest BCUT2D eigenvalue weighted by Gasteiger charge is 2.35. The molecule has 0 saturated heterocycles. The van der Waals surface area contributed by atoms with Crippen LogP contribution in [0.5, 0.6) is 0 Å². The van der Waals surface area contributed by atoms with E-state index in [0.29, 0.717) is 18.5 Å². The second kappa shape index (κ2) is 10.3. The van der Waals surface area contributed by atoms with Gasteiger partial charge in [0, 0.05) is 0 Å². The number of amides is 1. The number of hydrazone groups is 1. The van der Waals surface area contributed by atoms with Crippen LogP contribution in [0.1, 0.15) is 47.7 Å². The summed E-state index contributed by atoms with van der Waals surface area (Å²) in [6, 6.07) is 24.8. The number of benzene rings is 3. The predicted molar refractivity (Wildman–Crippen MR) is 130 cm³/mol. The van der Waals surface area contributed by atoms with Gasteiger partial charge in [0.2, 0.25) is 0 Å². The smallest absolute Gasteiger partial charge is 0.336 e. The van der Waals surface area contributed by atoms with Gasteiger partial charge in [-0.2, -0.15) is 5.10 Å². The van der Waals surface area contributed by atoms with E-state index in [1.165, 1.54) is 0 Å². The van der Waals surface area contributed by atoms with E-state index in [1.54, 1.807) is 17.1 Å². The van der Waals surface area contributed by atoms with Crippen molar-refractivity contribution in [1.82, 2.24) is 5.01 Å². The van der Waals surface area contributed by atoms with Gasteiger partial charge in [-0.25, -0.2) is 9.80 Å². The van der Waals surface area contributed by atoms with Gasteiger partial charge in [0.05, 0.1) is 23.7 Å². The molecule has 1 aliphatic rings. The molecule has 3 aromatic carbocycles. The van der Waals surface area contributed by atoms with E-state index < -0.39 is 5.97 Å². The largest absolute Gasteiger partial charge is 0.478 e. The number of carboxylic acid groups (broad SMARTS) is 1. The van der Waals surface area contributed by atoms with Crippen molar-refractivity contribution in [2.75, 3.05) is 0 Å². The van der Waals surface area contributed by atoms with Gasteiger partial charge in [-0.05, 0) is 47.6 Å². The van der Waals surface area contributed by atoms with Gasteiger partial charge in [-0.3, -0.25) is 4.79 Å². The van der Waals surface area contributed by atoms with Crippen LogP contribution in [0.15, 0.2) is 84.0 Å². The molecule has 0 fully saturated rings. The first kappa shape index (κ1) is 22.5. The van der Waals surface area contributed by atoms with Crippen LogP contribution in [0.4, 0.5) is 0 Å². The zero-order valence-corrected chi connectivity index (χ0v) is 18.8. The molecule has 4 rings (SSSR count). The summed E-state index contributed by atoms with van der Waals surface area (Å²) >= 11 is 0. The molecule has 0 bridgehead atoms. The van der Waals surface area contributed by atoms with Crippen LogP contribution in [-0.2, 0) is 17.8 Å². The molecule has 5 heteroatoms. The Hall–Kier alpha value is -3.73. The van der Waals surface area contributed by atoms with Gasteiger partial charge < -0.3 is 5.11 Å². The molecule has 1 N–H and O–H groups in total. The summed E-state index contributed by atoms with van der Waals surface area (Å²) in [6.07, 6.45) is 3.47. The molecule has 33 heavy (non-hydrogen) atoms. The highest BCUT2D eigenvalue weighted by atomic mass is 16.4. The number of hydrogen-bond donors (Lipinski definition) is 1. The normalized spacial score (nSPS) is 15.5. The summed E-state index contributed by atoms with van der Waals surface area (Å²) in [6.45, 7) is 2.62. The molecule has 0 aliphatic carbocycles.